The highest BCUT2D eigenvalue weighted by atomic mass is 79.9. The second-order valence-electron chi connectivity index (χ2n) is 4.57. The molecule has 2 rings (SSSR count). The quantitative estimate of drug-likeness (QED) is 0.696. The van der Waals surface area contributed by atoms with Crippen molar-refractivity contribution in [2.24, 2.45) is 0 Å². The van der Waals surface area contributed by atoms with Gasteiger partial charge in [0.25, 0.3) is 5.91 Å². The third-order valence-corrected chi connectivity index (χ3v) is 6.37. The van der Waals surface area contributed by atoms with E-state index in [2.05, 4.69) is 26.0 Å². The van der Waals surface area contributed by atoms with Gasteiger partial charge in [0, 0.05) is 9.35 Å². The Morgan fingerprint density at radius 1 is 1.33 bits per heavy atom. The Morgan fingerprint density at radius 2 is 2.08 bits per heavy atom. The van der Waals surface area contributed by atoms with Crippen molar-refractivity contribution in [2.75, 3.05) is 13.7 Å². The zero-order chi connectivity index (χ0) is 17.7. The van der Waals surface area contributed by atoms with Gasteiger partial charge in [-0.05, 0) is 37.4 Å². The first-order chi connectivity index (χ1) is 11.3. The SMILES string of the molecule is CNS(=O)(=O)c1ccc(CNC(=O)COc2ccc(Br)cc2F)s1. The van der Waals surface area contributed by atoms with Crippen molar-refractivity contribution in [1.82, 2.24) is 10.0 Å². The molecule has 1 aromatic heterocycles. The minimum Gasteiger partial charge on any atom is -0.481 e. The van der Waals surface area contributed by atoms with E-state index in [0.717, 1.165) is 11.3 Å². The Kier molecular flexibility index (Phi) is 6.33. The molecule has 0 saturated carbocycles. The smallest absolute Gasteiger partial charge is 0.258 e. The van der Waals surface area contributed by atoms with E-state index < -0.39 is 21.7 Å². The molecule has 2 aromatic rings. The summed E-state index contributed by atoms with van der Waals surface area (Å²) in [5.74, 6) is -1.03. The van der Waals surface area contributed by atoms with E-state index in [1.54, 1.807) is 12.1 Å². The van der Waals surface area contributed by atoms with E-state index in [4.69, 9.17) is 4.74 Å². The van der Waals surface area contributed by atoms with Gasteiger partial charge in [-0.3, -0.25) is 4.79 Å². The maximum atomic E-state index is 13.6. The van der Waals surface area contributed by atoms with Crippen LogP contribution in [-0.4, -0.2) is 28.0 Å². The zero-order valence-electron chi connectivity index (χ0n) is 12.5. The number of halogens is 2. The molecule has 0 aliphatic carbocycles. The summed E-state index contributed by atoms with van der Waals surface area (Å²) in [6.45, 7) is -0.180. The highest BCUT2D eigenvalue weighted by Crippen LogP contribution is 2.22. The molecule has 1 aromatic carbocycles. The predicted octanol–water partition coefficient (Wildman–Crippen LogP) is 2.25. The van der Waals surface area contributed by atoms with Crippen molar-refractivity contribution in [3.8, 4) is 5.75 Å². The Hall–Kier alpha value is -1.49. The highest BCUT2D eigenvalue weighted by Gasteiger charge is 2.14. The summed E-state index contributed by atoms with van der Waals surface area (Å²) in [5.41, 5.74) is 0. The van der Waals surface area contributed by atoms with Crippen molar-refractivity contribution < 1.29 is 22.3 Å². The first-order valence-electron chi connectivity index (χ1n) is 6.68. The number of rotatable bonds is 7. The third-order valence-electron chi connectivity index (χ3n) is 2.88. The number of hydrogen-bond donors (Lipinski definition) is 2. The summed E-state index contributed by atoms with van der Waals surface area (Å²) in [5, 5.41) is 2.58. The van der Waals surface area contributed by atoms with E-state index >= 15 is 0 Å². The standard InChI is InChI=1S/C14H14BrFN2O4S2/c1-17-24(20,21)14-5-3-10(23-14)7-18-13(19)8-22-12-4-2-9(15)6-11(12)16/h2-6,17H,7-8H2,1H3,(H,18,19). The lowest BCUT2D eigenvalue weighted by molar-refractivity contribution is -0.123. The van der Waals surface area contributed by atoms with Crippen LogP contribution in [0.3, 0.4) is 0 Å². The Labute approximate surface area is 151 Å². The molecule has 1 heterocycles. The van der Waals surface area contributed by atoms with Crippen LogP contribution in [0, 0.1) is 5.82 Å². The number of thiophene rings is 1. The molecule has 0 radical (unpaired) electrons. The van der Waals surface area contributed by atoms with Crippen LogP contribution in [0.25, 0.3) is 0 Å². The molecule has 10 heteroatoms. The Bertz CT molecular complexity index is 839. The van der Waals surface area contributed by atoms with Crippen LogP contribution < -0.4 is 14.8 Å². The molecule has 0 fully saturated rings. The molecule has 0 aliphatic heterocycles. The topological polar surface area (TPSA) is 84.5 Å². The predicted molar refractivity (Wildman–Crippen MR) is 92.0 cm³/mol. The van der Waals surface area contributed by atoms with Gasteiger partial charge in [0.05, 0.1) is 6.54 Å². The molecule has 0 spiro atoms. The normalized spacial score (nSPS) is 11.3. The summed E-state index contributed by atoms with van der Waals surface area (Å²) in [6.07, 6.45) is 0. The molecular weight excluding hydrogens is 423 g/mol. The number of carbonyl (C=O) groups excluding carboxylic acids is 1. The first-order valence-corrected chi connectivity index (χ1v) is 9.78. The lowest BCUT2D eigenvalue weighted by Crippen LogP contribution is -2.28. The maximum absolute atomic E-state index is 13.6. The fourth-order valence-electron chi connectivity index (χ4n) is 1.67. The molecule has 24 heavy (non-hydrogen) atoms. The molecule has 130 valence electrons. The third kappa shape index (κ3) is 5.00. The Morgan fingerprint density at radius 3 is 2.75 bits per heavy atom. The first kappa shape index (κ1) is 18.8. The lowest BCUT2D eigenvalue weighted by Gasteiger charge is -2.07. The number of ether oxygens (including phenoxy) is 1. The summed E-state index contributed by atoms with van der Waals surface area (Å²) in [4.78, 5) is 12.4. The van der Waals surface area contributed by atoms with Crippen molar-refractivity contribution in [1.29, 1.82) is 0 Å². The van der Waals surface area contributed by atoms with Crippen molar-refractivity contribution in [3.05, 3.63) is 45.5 Å². The molecule has 0 unspecified atom stereocenters. The van der Waals surface area contributed by atoms with Crippen LogP contribution in [0.2, 0.25) is 0 Å². The number of nitrogens with one attached hydrogen (secondary N) is 2. The fourth-order valence-corrected chi connectivity index (χ4v) is 4.14. The lowest BCUT2D eigenvalue weighted by atomic mass is 10.3. The van der Waals surface area contributed by atoms with E-state index in [1.807, 2.05) is 0 Å². The van der Waals surface area contributed by atoms with Gasteiger partial charge < -0.3 is 10.1 Å². The van der Waals surface area contributed by atoms with Gasteiger partial charge in [0.15, 0.2) is 18.2 Å². The summed E-state index contributed by atoms with van der Waals surface area (Å²) < 4.78 is 44.9. The van der Waals surface area contributed by atoms with Crippen molar-refractivity contribution in [2.45, 2.75) is 10.8 Å². The summed E-state index contributed by atoms with van der Waals surface area (Å²) >= 11 is 4.18. The largest absolute Gasteiger partial charge is 0.481 e. The highest BCUT2D eigenvalue weighted by molar-refractivity contribution is 9.10. The monoisotopic (exact) mass is 436 g/mol. The van der Waals surface area contributed by atoms with Gasteiger partial charge in [0.2, 0.25) is 10.0 Å². The fraction of sp³-hybridized carbons (Fsp3) is 0.214. The zero-order valence-corrected chi connectivity index (χ0v) is 15.7. The van der Waals surface area contributed by atoms with Crippen LogP contribution in [0.5, 0.6) is 5.75 Å². The molecule has 6 nitrogen and oxygen atoms in total. The van der Waals surface area contributed by atoms with E-state index in [9.17, 15) is 17.6 Å². The minimum atomic E-state index is -3.48. The number of amides is 1. The van der Waals surface area contributed by atoms with Gasteiger partial charge in [0.1, 0.15) is 4.21 Å². The second-order valence-corrected chi connectivity index (χ2v) is 8.77. The number of benzene rings is 1. The van der Waals surface area contributed by atoms with Gasteiger partial charge in [-0.1, -0.05) is 15.9 Å². The van der Waals surface area contributed by atoms with E-state index in [0.29, 0.717) is 9.35 Å². The van der Waals surface area contributed by atoms with Crippen LogP contribution in [-0.2, 0) is 21.4 Å². The molecule has 1 amide bonds. The van der Waals surface area contributed by atoms with Gasteiger partial charge in [-0.15, -0.1) is 11.3 Å². The second kappa shape index (κ2) is 8.06. The average molecular weight is 437 g/mol. The average Bonchev–Trinajstić information content (AvgIpc) is 3.02. The number of hydrogen-bond acceptors (Lipinski definition) is 5. The van der Waals surface area contributed by atoms with Crippen molar-refractivity contribution in [3.63, 3.8) is 0 Å². The summed E-state index contributed by atoms with van der Waals surface area (Å²) in [6, 6.07) is 7.34. The molecule has 0 aliphatic rings. The van der Waals surface area contributed by atoms with Gasteiger partial charge >= 0.3 is 0 Å². The van der Waals surface area contributed by atoms with Crippen LogP contribution in [0.15, 0.2) is 39.0 Å². The molecular formula is C14H14BrFN2O4S2. The van der Waals surface area contributed by atoms with Crippen LogP contribution >= 0.6 is 27.3 Å². The van der Waals surface area contributed by atoms with Crippen molar-refractivity contribution >= 4 is 43.2 Å². The minimum absolute atomic E-state index is 0.0214. The Balaban J connectivity index is 1.85. The molecule has 0 bridgehead atoms. The van der Waals surface area contributed by atoms with Crippen LogP contribution in [0.4, 0.5) is 4.39 Å². The molecule has 2 N–H and O–H groups in total. The van der Waals surface area contributed by atoms with Gasteiger partial charge in [-0.25, -0.2) is 17.5 Å². The number of carbonyl (C=O) groups is 1. The molecule has 0 saturated heterocycles. The van der Waals surface area contributed by atoms with E-state index in [1.165, 1.54) is 25.2 Å². The molecule has 0 atom stereocenters. The van der Waals surface area contributed by atoms with Gasteiger partial charge in [-0.2, -0.15) is 0 Å². The number of sulfonamides is 1. The maximum Gasteiger partial charge on any atom is 0.258 e. The van der Waals surface area contributed by atoms with Crippen LogP contribution in [0.1, 0.15) is 4.88 Å². The van der Waals surface area contributed by atoms with E-state index in [-0.39, 0.29) is 23.1 Å². The summed E-state index contributed by atoms with van der Waals surface area (Å²) in [7, 11) is -2.16.